The Morgan fingerprint density at radius 3 is 2.05 bits per heavy atom. The summed E-state index contributed by atoms with van der Waals surface area (Å²) in [7, 11) is 1.55. The molecule has 0 rings (SSSR count). The summed E-state index contributed by atoms with van der Waals surface area (Å²) in [5, 5.41) is 13.4. The quantitative estimate of drug-likeness (QED) is 0.0397. The predicted octanol–water partition coefficient (Wildman–Crippen LogP) is 7.23. The van der Waals surface area contributed by atoms with E-state index in [4.69, 9.17) is 9.05 Å². The van der Waals surface area contributed by atoms with E-state index < -0.39 is 20.0 Å². The zero-order chi connectivity index (χ0) is 30.8. The normalized spacial score (nSPS) is 15.6. The standard InChI is InChI=1S/C32H61N2O6P/c1-6-8-10-12-13-14-15-16-17-18-19-20-21-22-24-26-32(36)33-30(31(35)25-23-11-9-7-2)29-40-41(37,38)39-28-27-34(3,4)5/h13-14,16-17,23,25,30-31,35H,6-12,15,18-22,24,26-29H2,1-5H3,(H-,33,36,37,38)/p+1/b14-13-,17-16-,25-23+. The third-order valence-electron chi connectivity index (χ3n) is 6.60. The van der Waals surface area contributed by atoms with Gasteiger partial charge in [-0.25, -0.2) is 4.57 Å². The van der Waals surface area contributed by atoms with Crippen molar-refractivity contribution in [1.29, 1.82) is 0 Å². The number of hydrogen-bond donors (Lipinski definition) is 3. The van der Waals surface area contributed by atoms with Crippen molar-refractivity contribution in [3.05, 3.63) is 36.5 Å². The maximum Gasteiger partial charge on any atom is 0.472 e. The zero-order valence-electron chi connectivity index (χ0n) is 26.8. The average Bonchev–Trinajstić information content (AvgIpc) is 2.90. The summed E-state index contributed by atoms with van der Waals surface area (Å²) in [4.78, 5) is 22.7. The third-order valence-corrected chi connectivity index (χ3v) is 7.59. The highest BCUT2D eigenvalue weighted by molar-refractivity contribution is 7.47. The molecule has 0 radical (unpaired) electrons. The first-order chi connectivity index (χ1) is 19.5. The number of allylic oxidation sites excluding steroid dienone is 5. The highest BCUT2D eigenvalue weighted by Crippen LogP contribution is 2.43. The van der Waals surface area contributed by atoms with E-state index in [1.165, 1.54) is 25.7 Å². The van der Waals surface area contributed by atoms with Crippen molar-refractivity contribution in [1.82, 2.24) is 5.32 Å². The van der Waals surface area contributed by atoms with Crippen molar-refractivity contribution < 1.29 is 32.9 Å². The Morgan fingerprint density at radius 2 is 1.41 bits per heavy atom. The van der Waals surface area contributed by atoms with Crippen LogP contribution in [0.3, 0.4) is 0 Å². The molecule has 0 saturated carbocycles. The maximum absolute atomic E-state index is 12.6. The number of phosphoric ester groups is 1. The van der Waals surface area contributed by atoms with Crippen molar-refractivity contribution in [3.63, 3.8) is 0 Å². The Morgan fingerprint density at radius 1 is 0.829 bits per heavy atom. The van der Waals surface area contributed by atoms with Gasteiger partial charge in [-0.3, -0.25) is 13.8 Å². The summed E-state index contributed by atoms with van der Waals surface area (Å²) in [6.07, 6.45) is 26.9. The monoisotopic (exact) mass is 601 g/mol. The number of phosphoric acid groups is 1. The van der Waals surface area contributed by atoms with Crippen molar-refractivity contribution in [2.24, 2.45) is 0 Å². The fraction of sp³-hybridized carbons (Fsp3) is 0.781. The Balaban J connectivity index is 4.40. The van der Waals surface area contributed by atoms with Gasteiger partial charge in [0.2, 0.25) is 5.91 Å². The van der Waals surface area contributed by atoms with Crippen LogP contribution in [0.1, 0.15) is 110 Å². The minimum atomic E-state index is -4.31. The first-order valence-electron chi connectivity index (χ1n) is 15.9. The molecule has 0 aromatic carbocycles. The SMILES string of the molecule is CCCC/C=C/C(O)C(COP(=O)(O)OCC[N+](C)(C)C)NC(=O)CCCCCCC/C=C\C/C=C\CCCCC. The number of aliphatic hydroxyl groups is 1. The minimum absolute atomic E-state index is 0.0562. The molecule has 3 atom stereocenters. The second kappa shape index (κ2) is 25.2. The molecule has 3 N–H and O–H groups in total. The largest absolute Gasteiger partial charge is 0.472 e. The van der Waals surface area contributed by atoms with Crippen LogP contribution < -0.4 is 5.32 Å². The zero-order valence-corrected chi connectivity index (χ0v) is 27.7. The lowest BCUT2D eigenvalue weighted by Crippen LogP contribution is -2.45. The number of carbonyl (C=O) groups is 1. The van der Waals surface area contributed by atoms with Gasteiger partial charge in [0, 0.05) is 6.42 Å². The molecule has 0 aliphatic rings. The van der Waals surface area contributed by atoms with E-state index in [1.54, 1.807) is 6.08 Å². The van der Waals surface area contributed by atoms with Crippen molar-refractivity contribution in [2.75, 3.05) is 40.9 Å². The molecule has 0 aliphatic carbocycles. The van der Waals surface area contributed by atoms with Crippen LogP contribution in [0.5, 0.6) is 0 Å². The molecule has 8 nitrogen and oxygen atoms in total. The van der Waals surface area contributed by atoms with Crippen LogP contribution in [0.2, 0.25) is 0 Å². The molecule has 0 aromatic rings. The van der Waals surface area contributed by atoms with Crippen LogP contribution in [0, 0.1) is 0 Å². The first-order valence-corrected chi connectivity index (χ1v) is 17.4. The Kier molecular flexibility index (Phi) is 24.5. The van der Waals surface area contributed by atoms with Gasteiger partial charge < -0.3 is 19.8 Å². The van der Waals surface area contributed by atoms with Gasteiger partial charge in [-0.2, -0.15) is 0 Å². The van der Waals surface area contributed by atoms with Gasteiger partial charge in [0.1, 0.15) is 13.2 Å². The number of carbonyl (C=O) groups excluding carboxylic acids is 1. The molecule has 0 heterocycles. The summed E-state index contributed by atoms with van der Waals surface area (Å²) < 4.78 is 23.1. The van der Waals surface area contributed by atoms with E-state index in [-0.39, 0.29) is 19.1 Å². The topological polar surface area (TPSA) is 105 Å². The number of nitrogens with one attached hydrogen (secondary N) is 1. The summed E-state index contributed by atoms with van der Waals surface area (Å²) in [5.74, 6) is -0.205. The lowest BCUT2D eigenvalue weighted by Gasteiger charge is -2.25. The summed E-state index contributed by atoms with van der Waals surface area (Å²) >= 11 is 0. The fourth-order valence-corrected chi connectivity index (χ4v) is 4.67. The molecule has 0 saturated heterocycles. The molecule has 0 fully saturated rings. The molecule has 3 unspecified atom stereocenters. The number of nitrogens with zero attached hydrogens (tertiary/aromatic N) is 1. The van der Waals surface area contributed by atoms with E-state index in [0.717, 1.165) is 64.2 Å². The average molecular weight is 602 g/mol. The van der Waals surface area contributed by atoms with Crippen LogP contribution in [-0.2, 0) is 18.4 Å². The number of hydrogen-bond acceptors (Lipinski definition) is 5. The molecule has 0 aromatic heterocycles. The summed E-state index contributed by atoms with van der Waals surface area (Å²) in [6, 6.07) is -0.846. The number of rotatable bonds is 27. The Bertz CT molecular complexity index is 779. The van der Waals surface area contributed by atoms with Gasteiger partial charge in [0.25, 0.3) is 0 Å². The van der Waals surface area contributed by atoms with Gasteiger partial charge in [-0.1, -0.05) is 95.2 Å². The van der Waals surface area contributed by atoms with E-state index in [9.17, 15) is 19.4 Å². The third kappa shape index (κ3) is 27.3. The summed E-state index contributed by atoms with van der Waals surface area (Å²) in [6.45, 7) is 4.57. The highest BCUT2D eigenvalue weighted by Gasteiger charge is 2.27. The van der Waals surface area contributed by atoms with Crippen LogP contribution in [0.4, 0.5) is 0 Å². The molecule has 0 aliphatic heterocycles. The molecule has 240 valence electrons. The van der Waals surface area contributed by atoms with Crippen molar-refractivity contribution >= 4 is 13.7 Å². The molecule has 0 bridgehead atoms. The number of likely N-dealkylation sites (N-methyl/N-ethyl adjacent to an activating group) is 1. The summed E-state index contributed by atoms with van der Waals surface area (Å²) in [5.41, 5.74) is 0. The van der Waals surface area contributed by atoms with Gasteiger partial charge >= 0.3 is 7.82 Å². The van der Waals surface area contributed by atoms with Crippen molar-refractivity contribution in [2.45, 2.75) is 122 Å². The van der Waals surface area contributed by atoms with Gasteiger partial charge in [-0.15, -0.1) is 0 Å². The van der Waals surface area contributed by atoms with Crippen LogP contribution >= 0.6 is 7.82 Å². The van der Waals surface area contributed by atoms with Gasteiger partial charge in [0.05, 0.1) is 39.9 Å². The van der Waals surface area contributed by atoms with E-state index in [2.05, 4.69) is 43.5 Å². The van der Waals surface area contributed by atoms with E-state index in [0.29, 0.717) is 17.4 Å². The minimum Gasteiger partial charge on any atom is -0.387 e. The molecular formula is C32H62N2O6P+. The number of unbranched alkanes of at least 4 members (excludes halogenated alkanes) is 10. The van der Waals surface area contributed by atoms with E-state index >= 15 is 0 Å². The lowest BCUT2D eigenvalue weighted by molar-refractivity contribution is -0.870. The Hall–Kier alpha value is -1.28. The first kappa shape index (κ1) is 39.7. The van der Waals surface area contributed by atoms with Crippen LogP contribution in [0.25, 0.3) is 0 Å². The van der Waals surface area contributed by atoms with E-state index in [1.807, 2.05) is 27.2 Å². The highest BCUT2D eigenvalue weighted by atomic mass is 31.2. The van der Waals surface area contributed by atoms with Crippen molar-refractivity contribution in [3.8, 4) is 0 Å². The molecule has 0 spiro atoms. The molecule has 9 heteroatoms. The second-order valence-electron chi connectivity index (χ2n) is 11.8. The van der Waals surface area contributed by atoms with Crippen LogP contribution in [0.15, 0.2) is 36.5 Å². The number of amides is 1. The molecule has 41 heavy (non-hydrogen) atoms. The van der Waals surface area contributed by atoms with Gasteiger partial charge in [0.15, 0.2) is 0 Å². The number of aliphatic hydroxyl groups excluding tert-OH is 1. The van der Waals surface area contributed by atoms with Crippen LogP contribution in [-0.4, -0.2) is 73.4 Å². The molecule has 1 amide bonds. The Labute approximate surface area is 251 Å². The fourth-order valence-electron chi connectivity index (χ4n) is 3.94. The smallest absolute Gasteiger partial charge is 0.387 e. The maximum atomic E-state index is 12.6. The van der Waals surface area contributed by atoms with Gasteiger partial charge in [-0.05, 0) is 44.9 Å². The second-order valence-corrected chi connectivity index (χ2v) is 13.3. The molecular weight excluding hydrogens is 539 g/mol. The number of quaternary nitrogens is 1. The lowest BCUT2D eigenvalue weighted by atomic mass is 10.1. The predicted molar refractivity (Wildman–Crippen MR) is 171 cm³/mol.